The van der Waals surface area contributed by atoms with Gasteiger partial charge in [0.2, 0.25) is 0 Å². The van der Waals surface area contributed by atoms with Crippen LogP contribution in [0.5, 0.6) is 0 Å². The highest BCUT2D eigenvalue weighted by atomic mass is 16.3. The molecule has 0 aliphatic heterocycles. The van der Waals surface area contributed by atoms with E-state index in [4.69, 9.17) is 0 Å². The molecule has 0 bridgehead atoms. The second kappa shape index (κ2) is 4.14. The minimum atomic E-state index is -0.327. The molecule has 1 saturated carbocycles. The highest BCUT2D eigenvalue weighted by Gasteiger charge is 2.20. The Balaban J connectivity index is 2.30. The molecule has 0 spiro atoms. The van der Waals surface area contributed by atoms with Crippen LogP contribution in [0.4, 0.5) is 0 Å². The van der Waals surface area contributed by atoms with Gasteiger partial charge in [0.15, 0.2) is 0 Å². The first kappa shape index (κ1) is 9.72. The van der Waals surface area contributed by atoms with E-state index in [1.54, 1.807) is 0 Å². The van der Waals surface area contributed by atoms with Gasteiger partial charge in [0, 0.05) is 0 Å². The van der Waals surface area contributed by atoms with E-state index in [9.17, 15) is 5.11 Å². The lowest BCUT2D eigenvalue weighted by Gasteiger charge is -2.16. The number of rotatable bonds is 2. The van der Waals surface area contributed by atoms with Crippen LogP contribution in [-0.4, -0.2) is 5.11 Å². The van der Waals surface area contributed by atoms with E-state index in [1.165, 1.54) is 31.2 Å². The summed E-state index contributed by atoms with van der Waals surface area (Å²) in [6.45, 7) is 1.85. The summed E-state index contributed by atoms with van der Waals surface area (Å²) in [6, 6.07) is 8.33. The van der Waals surface area contributed by atoms with Crippen molar-refractivity contribution in [2.75, 3.05) is 0 Å². The van der Waals surface area contributed by atoms with Crippen molar-refractivity contribution in [3.63, 3.8) is 0 Å². The van der Waals surface area contributed by atoms with Crippen molar-refractivity contribution in [3.8, 4) is 0 Å². The van der Waals surface area contributed by atoms with Gasteiger partial charge >= 0.3 is 0 Å². The van der Waals surface area contributed by atoms with E-state index in [0.717, 1.165) is 5.56 Å². The summed E-state index contributed by atoms with van der Waals surface area (Å²) in [5.74, 6) is 0.695. The van der Waals surface area contributed by atoms with E-state index >= 15 is 0 Å². The van der Waals surface area contributed by atoms with Crippen LogP contribution in [0, 0.1) is 0 Å². The Labute approximate surface area is 85.8 Å². The van der Waals surface area contributed by atoms with Crippen molar-refractivity contribution in [3.05, 3.63) is 35.4 Å². The van der Waals surface area contributed by atoms with Crippen molar-refractivity contribution in [2.24, 2.45) is 0 Å². The van der Waals surface area contributed by atoms with Gasteiger partial charge in [0.25, 0.3) is 0 Å². The average molecular weight is 190 g/mol. The second-order valence-electron chi connectivity index (χ2n) is 4.29. The fraction of sp³-hybridized carbons (Fsp3) is 0.538. The fourth-order valence-corrected chi connectivity index (χ4v) is 2.50. The lowest BCUT2D eigenvalue weighted by Crippen LogP contribution is -2.01. The first-order valence-corrected chi connectivity index (χ1v) is 5.56. The maximum Gasteiger partial charge on any atom is 0.0764 e. The molecule has 1 heteroatoms. The van der Waals surface area contributed by atoms with Gasteiger partial charge in [-0.15, -0.1) is 0 Å². The van der Waals surface area contributed by atoms with Crippen molar-refractivity contribution in [1.29, 1.82) is 0 Å². The standard InChI is InChI=1S/C13H18O/c1-10(14)12-8-4-5-9-13(12)11-6-2-3-7-11/h4-5,8-11,14H,2-3,6-7H2,1H3/t10-/m0/s1. The minimum Gasteiger partial charge on any atom is -0.389 e. The topological polar surface area (TPSA) is 20.2 Å². The molecule has 1 aromatic carbocycles. The first-order valence-electron chi connectivity index (χ1n) is 5.56. The van der Waals surface area contributed by atoms with Crippen LogP contribution < -0.4 is 0 Å². The van der Waals surface area contributed by atoms with Gasteiger partial charge in [-0.2, -0.15) is 0 Å². The SMILES string of the molecule is C[C@H](O)c1ccccc1C1CCCC1. The number of benzene rings is 1. The number of aliphatic hydroxyl groups is 1. The molecule has 1 atom stereocenters. The van der Waals surface area contributed by atoms with E-state index in [0.29, 0.717) is 5.92 Å². The average Bonchev–Trinajstić information content (AvgIpc) is 2.70. The molecule has 14 heavy (non-hydrogen) atoms. The van der Waals surface area contributed by atoms with Crippen LogP contribution in [0.2, 0.25) is 0 Å². The highest BCUT2D eigenvalue weighted by Crippen LogP contribution is 2.37. The second-order valence-corrected chi connectivity index (χ2v) is 4.29. The quantitative estimate of drug-likeness (QED) is 0.757. The Morgan fingerprint density at radius 2 is 1.86 bits per heavy atom. The Kier molecular flexibility index (Phi) is 2.87. The molecule has 0 aromatic heterocycles. The van der Waals surface area contributed by atoms with E-state index in [2.05, 4.69) is 18.2 Å². The number of hydrogen-bond donors (Lipinski definition) is 1. The lowest BCUT2D eigenvalue weighted by molar-refractivity contribution is 0.197. The molecule has 1 aromatic rings. The van der Waals surface area contributed by atoms with Gasteiger partial charge < -0.3 is 5.11 Å². The fourth-order valence-electron chi connectivity index (χ4n) is 2.50. The molecule has 2 rings (SSSR count). The van der Waals surface area contributed by atoms with Gasteiger partial charge in [0.05, 0.1) is 6.10 Å². The first-order chi connectivity index (χ1) is 6.79. The lowest BCUT2D eigenvalue weighted by atomic mass is 9.91. The molecule has 0 unspecified atom stereocenters. The summed E-state index contributed by atoms with van der Waals surface area (Å²) in [6.07, 6.45) is 4.96. The van der Waals surface area contributed by atoms with Crippen molar-refractivity contribution in [2.45, 2.75) is 44.6 Å². The van der Waals surface area contributed by atoms with Crippen molar-refractivity contribution < 1.29 is 5.11 Å². The van der Waals surface area contributed by atoms with Crippen LogP contribution in [0.3, 0.4) is 0 Å². The molecule has 1 N–H and O–H groups in total. The van der Waals surface area contributed by atoms with E-state index < -0.39 is 0 Å². The summed E-state index contributed by atoms with van der Waals surface area (Å²) in [4.78, 5) is 0. The molecule has 1 nitrogen and oxygen atoms in total. The molecule has 0 radical (unpaired) electrons. The van der Waals surface area contributed by atoms with Gasteiger partial charge in [-0.1, -0.05) is 37.1 Å². The van der Waals surface area contributed by atoms with E-state index in [-0.39, 0.29) is 6.10 Å². The van der Waals surface area contributed by atoms with Gasteiger partial charge in [0.1, 0.15) is 0 Å². The van der Waals surface area contributed by atoms with Crippen molar-refractivity contribution >= 4 is 0 Å². The van der Waals surface area contributed by atoms with Crippen molar-refractivity contribution in [1.82, 2.24) is 0 Å². The zero-order chi connectivity index (χ0) is 9.97. The predicted octanol–water partition coefficient (Wildman–Crippen LogP) is 3.40. The summed E-state index contributed by atoms with van der Waals surface area (Å²) in [5, 5.41) is 9.66. The maximum absolute atomic E-state index is 9.66. The third kappa shape index (κ3) is 1.83. The minimum absolute atomic E-state index is 0.327. The Morgan fingerprint density at radius 3 is 2.50 bits per heavy atom. The highest BCUT2D eigenvalue weighted by molar-refractivity contribution is 5.32. The molecule has 0 saturated heterocycles. The van der Waals surface area contributed by atoms with Gasteiger partial charge in [-0.3, -0.25) is 0 Å². The Hall–Kier alpha value is -0.820. The van der Waals surface area contributed by atoms with Crippen LogP contribution in [0.15, 0.2) is 24.3 Å². The molecule has 1 aliphatic rings. The molecule has 0 amide bonds. The van der Waals surface area contributed by atoms with Gasteiger partial charge in [-0.25, -0.2) is 0 Å². The number of hydrogen-bond acceptors (Lipinski definition) is 1. The summed E-state index contributed by atoms with van der Waals surface area (Å²) in [7, 11) is 0. The molecule has 0 heterocycles. The predicted molar refractivity (Wildman–Crippen MR) is 58.3 cm³/mol. The molecule has 1 fully saturated rings. The van der Waals surface area contributed by atoms with Crippen LogP contribution >= 0.6 is 0 Å². The van der Waals surface area contributed by atoms with Crippen LogP contribution in [0.25, 0.3) is 0 Å². The zero-order valence-electron chi connectivity index (χ0n) is 8.74. The largest absolute Gasteiger partial charge is 0.389 e. The normalized spacial score (nSPS) is 19.9. The summed E-state index contributed by atoms with van der Waals surface area (Å²) < 4.78 is 0. The number of aliphatic hydroxyl groups excluding tert-OH is 1. The molecule has 76 valence electrons. The Morgan fingerprint density at radius 1 is 1.21 bits per heavy atom. The molecular weight excluding hydrogens is 172 g/mol. The molecular formula is C13H18O. The molecule has 1 aliphatic carbocycles. The van der Waals surface area contributed by atoms with Crippen LogP contribution in [-0.2, 0) is 0 Å². The summed E-state index contributed by atoms with van der Waals surface area (Å²) >= 11 is 0. The zero-order valence-corrected chi connectivity index (χ0v) is 8.74. The monoisotopic (exact) mass is 190 g/mol. The third-order valence-corrected chi connectivity index (χ3v) is 3.24. The van der Waals surface area contributed by atoms with Gasteiger partial charge in [-0.05, 0) is 36.8 Å². The Bertz CT molecular complexity index is 298. The summed E-state index contributed by atoms with van der Waals surface area (Å²) in [5.41, 5.74) is 2.50. The maximum atomic E-state index is 9.66. The third-order valence-electron chi connectivity index (χ3n) is 3.24. The smallest absolute Gasteiger partial charge is 0.0764 e. The van der Waals surface area contributed by atoms with Crippen LogP contribution in [0.1, 0.15) is 55.8 Å². The van der Waals surface area contributed by atoms with E-state index in [1.807, 2.05) is 13.0 Å².